The third kappa shape index (κ3) is 4.01. The molecule has 1 heterocycles. The highest BCUT2D eigenvalue weighted by atomic mass is 79.9. The highest BCUT2D eigenvalue weighted by Crippen LogP contribution is 2.22. The molecule has 19 heavy (non-hydrogen) atoms. The maximum Gasteiger partial charge on any atom is 0.171 e. The highest BCUT2D eigenvalue weighted by Gasteiger charge is 2.09. The van der Waals surface area contributed by atoms with Crippen molar-refractivity contribution in [2.24, 2.45) is 0 Å². The molecule has 0 aliphatic carbocycles. The van der Waals surface area contributed by atoms with E-state index in [1.165, 1.54) is 0 Å². The van der Waals surface area contributed by atoms with Crippen molar-refractivity contribution in [2.75, 3.05) is 5.32 Å². The van der Waals surface area contributed by atoms with Crippen LogP contribution in [0.1, 0.15) is 18.5 Å². The fourth-order valence-corrected chi connectivity index (χ4v) is 2.63. The molecule has 0 aliphatic rings. The monoisotopic (exact) mass is 335 g/mol. The number of thiocarbonyl (C=S) groups is 1. The molecule has 1 unspecified atom stereocenters. The number of nitrogens with zero attached hydrogens (tertiary/aromatic N) is 1. The first kappa shape index (κ1) is 14.0. The summed E-state index contributed by atoms with van der Waals surface area (Å²) in [6, 6.07) is 12.0. The lowest BCUT2D eigenvalue weighted by atomic mass is 10.1. The zero-order chi connectivity index (χ0) is 13.7. The maximum absolute atomic E-state index is 5.29. The predicted octanol–water partition coefficient (Wildman–Crippen LogP) is 3.89. The lowest BCUT2D eigenvalue weighted by Crippen LogP contribution is -2.31. The van der Waals surface area contributed by atoms with Crippen LogP contribution in [0.5, 0.6) is 0 Å². The number of hydrogen-bond acceptors (Lipinski definition) is 2. The Bertz CT molecular complexity index is 560. The van der Waals surface area contributed by atoms with Crippen molar-refractivity contribution in [2.45, 2.75) is 13.0 Å². The van der Waals surface area contributed by atoms with Gasteiger partial charge in [-0.15, -0.1) is 0 Å². The SMILES string of the molecule is CC(NC(=S)Nc1cccnc1)c1ccccc1Br. The summed E-state index contributed by atoms with van der Waals surface area (Å²) in [4.78, 5) is 4.03. The maximum atomic E-state index is 5.29. The van der Waals surface area contributed by atoms with Gasteiger partial charge in [-0.3, -0.25) is 4.98 Å². The van der Waals surface area contributed by atoms with Crippen LogP contribution >= 0.6 is 28.1 Å². The molecule has 0 spiro atoms. The molecular formula is C14H14BrN3S. The van der Waals surface area contributed by atoms with E-state index in [-0.39, 0.29) is 6.04 Å². The molecular weight excluding hydrogens is 322 g/mol. The van der Waals surface area contributed by atoms with Crippen LogP contribution in [-0.4, -0.2) is 10.1 Å². The molecule has 5 heteroatoms. The summed E-state index contributed by atoms with van der Waals surface area (Å²) in [6.07, 6.45) is 3.46. The standard InChI is InChI=1S/C14H14BrN3S/c1-10(12-6-2-3-7-13(12)15)17-14(19)18-11-5-4-8-16-9-11/h2-10H,1H3,(H2,17,18,19). The van der Waals surface area contributed by atoms with E-state index < -0.39 is 0 Å². The van der Waals surface area contributed by atoms with Crippen LogP contribution in [0.2, 0.25) is 0 Å². The van der Waals surface area contributed by atoms with Crippen LogP contribution in [0, 0.1) is 0 Å². The summed E-state index contributed by atoms with van der Waals surface area (Å²) >= 11 is 8.83. The van der Waals surface area contributed by atoms with Crippen molar-refractivity contribution in [3.8, 4) is 0 Å². The van der Waals surface area contributed by atoms with Gasteiger partial charge in [0.15, 0.2) is 5.11 Å². The van der Waals surface area contributed by atoms with Gasteiger partial charge in [-0.2, -0.15) is 0 Å². The van der Waals surface area contributed by atoms with Crippen molar-refractivity contribution in [3.63, 3.8) is 0 Å². The minimum absolute atomic E-state index is 0.118. The molecule has 0 saturated carbocycles. The van der Waals surface area contributed by atoms with E-state index >= 15 is 0 Å². The van der Waals surface area contributed by atoms with Crippen LogP contribution in [0.4, 0.5) is 5.69 Å². The Morgan fingerprint density at radius 1 is 1.26 bits per heavy atom. The Morgan fingerprint density at radius 3 is 2.74 bits per heavy atom. The number of pyridine rings is 1. The molecule has 0 radical (unpaired) electrons. The Kier molecular flexibility index (Phi) is 4.87. The summed E-state index contributed by atoms with van der Waals surface area (Å²) < 4.78 is 1.07. The number of benzene rings is 1. The number of halogens is 1. The summed E-state index contributed by atoms with van der Waals surface area (Å²) in [5.74, 6) is 0. The van der Waals surface area contributed by atoms with E-state index in [4.69, 9.17) is 12.2 Å². The average molecular weight is 336 g/mol. The molecule has 1 aromatic heterocycles. The van der Waals surface area contributed by atoms with Gasteiger partial charge in [-0.25, -0.2) is 0 Å². The Balaban J connectivity index is 1.98. The number of aromatic nitrogens is 1. The molecule has 2 aromatic rings. The molecule has 98 valence electrons. The van der Waals surface area contributed by atoms with Crippen LogP contribution in [0.15, 0.2) is 53.3 Å². The van der Waals surface area contributed by atoms with E-state index in [1.807, 2.05) is 30.3 Å². The molecule has 0 fully saturated rings. The minimum Gasteiger partial charge on any atom is -0.356 e. The average Bonchev–Trinajstić information content (AvgIpc) is 2.40. The molecule has 3 nitrogen and oxygen atoms in total. The first-order valence-corrected chi connectivity index (χ1v) is 7.09. The normalized spacial score (nSPS) is 11.7. The molecule has 2 N–H and O–H groups in total. The van der Waals surface area contributed by atoms with Gasteiger partial charge >= 0.3 is 0 Å². The first-order chi connectivity index (χ1) is 9.16. The predicted molar refractivity (Wildman–Crippen MR) is 86.2 cm³/mol. The first-order valence-electron chi connectivity index (χ1n) is 5.89. The fourth-order valence-electron chi connectivity index (χ4n) is 1.70. The Labute approximate surface area is 126 Å². The van der Waals surface area contributed by atoms with Gasteiger partial charge in [0.05, 0.1) is 17.9 Å². The second kappa shape index (κ2) is 6.63. The zero-order valence-corrected chi connectivity index (χ0v) is 12.8. The zero-order valence-electron chi connectivity index (χ0n) is 10.4. The van der Waals surface area contributed by atoms with Gasteiger partial charge in [0.2, 0.25) is 0 Å². The van der Waals surface area contributed by atoms with Gasteiger partial charge in [-0.05, 0) is 42.9 Å². The number of nitrogens with one attached hydrogen (secondary N) is 2. The van der Waals surface area contributed by atoms with Crippen LogP contribution < -0.4 is 10.6 Å². The number of anilines is 1. The van der Waals surface area contributed by atoms with Crippen molar-refractivity contribution >= 4 is 38.9 Å². The Morgan fingerprint density at radius 2 is 2.05 bits per heavy atom. The molecule has 0 saturated heterocycles. The second-order valence-electron chi connectivity index (χ2n) is 4.08. The number of hydrogen-bond donors (Lipinski definition) is 2. The number of rotatable bonds is 3. The van der Waals surface area contributed by atoms with Gasteiger partial charge in [-0.1, -0.05) is 34.1 Å². The van der Waals surface area contributed by atoms with Crippen molar-refractivity contribution in [1.82, 2.24) is 10.3 Å². The van der Waals surface area contributed by atoms with Gasteiger partial charge < -0.3 is 10.6 Å². The van der Waals surface area contributed by atoms with E-state index in [0.29, 0.717) is 5.11 Å². The summed E-state index contributed by atoms with van der Waals surface area (Å²) in [7, 11) is 0. The van der Waals surface area contributed by atoms with Crippen molar-refractivity contribution in [1.29, 1.82) is 0 Å². The summed E-state index contributed by atoms with van der Waals surface area (Å²) in [5, 5.41) is 6.93. The molecule has 0 bridgehead atoms. The van der Waals surface area contributed by atoms with E-state index in [0.717, 1.165) is 15.7 Å². The molecule has 2 rings (SSSR count). The van der Waals surface area contributed by atoms with E-state index in [9.17, 15) is 0 Å². The quantitative estimate of drug-likeness (QED) is 0.834. The summed E-state index contributed by atoms with van der Waals surface area (Å²) in [6.45, 7) is 2.07. The third-order valence-electron chi connectivity index (χ3n) is 2.64. The van der Waals surface area contributed by atoms with Crippen molar-refractivity contribution < 1.29 is 0 Å². The summed E-state index contributed by atoms with van der Waals surface area (Å²) in [5.41, 5.74) is 2.04. The van der Waals surface area contributed by atoms with Gasteiger partial charge in [0, 0.05) is 10.7 Å². The van der Waals surface area contributed by atoms with E-state index in [1.54, 1.807) is 12.4 Å². The van der Waals surface area contributed by atoms with Crippen molar-refractivity contribution in [3.05, 3.63) is 58.8 Å². The van der Waals surface area contributed by atoms with Crippen LogP contribution in [0.25, 0.3) is 0 Å². The smallest absolute Gasteiger partial charge is 0.171 e. The largest absolute Gasteiger partial charge is 0.356 e. The third-order valence-corrected chi connectivity index (χ3v) is 3.58. The van der Waals surface area contributed by atoms with Crippen LogP contribution in [0.3, 0.4) is 0 Å². The highest BCUT2D eigenvalue weighted by molar-refractivity contribution is 9.10. The molecule has 0 aliphatic heterocycles. The molecule has 1 aromatic carbocycles. The van der Waals surface area contributed by atoms with Gasteiger partial charge in [0.1, 0.15) is 0 Å². The topological polar surface area (TPSA) is 37.0 Å². The second-order valence-corrected chi connectivity index (χ2v) is 5.35. The lowest BCUT2D eigenvalue weighted by molar-refractivity contribution is 0.719. The van der Waals surface area contributed by atoms with Gasteiger partial charge in [0.25, 0.3) is 0 Å². The van der Waals surface area contributed by atoms with E-state index in [2.05, 4.69) is 44.5 Å². The minimum atomic E-state index is 0.118. The van der Waals surface area contributed by atoms with Crippen LogP contribution in [-0.2, 0) is 0 Å². The Hall–Kier alpha value is -1.46. The molecule has 1 atom stereocenters. The fraction of sp³-hybridized carbons (Fsp3) is 0.143. The molecule has 0 amide bonds. The lowest BCUT2D eigenvalue weighted by Gasteiger charge is -2.18.